The number of rotatable bonds is 4. The summed E-state index contributed by atoms with van der Waals surface area (Å²) in [4.78, 5) is 29.3. The lowest BCUT2D eigenvalue weighted by atomic mass is 10.1. The topological polar surface area (TPSA) is 97.0 Å². The number of aryl methyl sites for hydroxylation is 1. The molecule has 4 heterocycles. The van der Waals surface area contributed by atoms with Crippen LogP contribution in [-0.2, 0) is 0 Å². The number of fused-ring (bicyclic) bond motifs is 1. The van der Waals surface area contributed by atoms with Crippen molar-refractivity contribution in [3.63, 3.8) is 0 Å². The van der Waals surface area contributed by atoms with E-state index in [4.69, 9.17) is 5.73 Å². The van der Waals surface area contributed by atoms with Crippen molar-refractivity contribution in [3.8, 4) is 11.3 Å². The summed E-state index contributed by atoms with van der Waals surface area (Å²) in [5.74, 6) is -1.90. The lowest BCUT2D eigenvalue weighted by molar-refractivity contribution is 0.102. The van der Waals surface area contributed by atoms with Gasteiger partial charge in [0.25, 0.3) is 5.91 Å². The first-order valence-electron chi connectivity index (χ1n) is 10.9. The molecule has 3 N–H and O–H groups in total. The zero-order valence-electron chi connectivity index (χ0n) is 18.4. The highest BCUT2D eigenvalue weighted by Gasteiger charge is 2.25. The van der Waals surface area contributed by atoms with Gasteiger partial charge in [-0.3, -0.25) is 4.79 Å². The number of amides is 1. The highest BCUT2D eigenvalue weighted by molar-refractivity contribution is 7.18. The van der Waals surface area contributed by atoms with Crippen LogP contribution < -0.4 is 16.0 Å². The average Bonchev–Trinajstić information content (AvgIpc) is 3.20. The van der Waals surface area contributed by atoms with Gasteiger partial charge < -0.3 is 16.0 Å². The van der Waals surface area contributed by atoms with Crippen molar-refractivity contribution in [3.05, 3.63) is 64.9 Å². The van der Waals surface area contributed by atoms with Crippen molar-refractivity contribution in [2.75, 3.05) is 23.3 Å². The quantitative estimate of drug-likeness (QED) is 0.446. The number of aromatic nitrogens is 3. The summed E-state index contributed by atoms with van der Waals surface area (Å²) in [7, 11) is 0. The Kier molecular flexibility index (Phi) is 5.93. The molecule has 1 aromatic carbocycles. The predicted molar refractivity (Wildman–Crippen MR) is 129 cm³/mol. The molecule has 7 nitrogen and oxygen atoms in total. The Balaban J connectivity index is 1.53. The molecule has 0 spiro atoms. The first-order chi connectivity index (χ1) is 16.4. The van der Waals surface area contributed by atoms with Gasteiger partial charge in [-0.05, 0) is 44.0 Å². The van der Waals surface area contributed by atoms with Crippen LogP contribution in [0.5, 0.6) is 0 Å². The van der Waals surface area contributed by atoms with Crippen LogP contribution >= 0.6 is 11.3 Å². The van der Waals surface area contributed by atoms with Crippen LogP contribution in [0.15, 0.2) is 42.6 Å². The molecule has 0 aliphatic carbocycles. The maximum Gasteiger partial charge on any atom is 0.274 e. The number of carbonyl (C=O) groups is 1. The first kappa shape index (κ1) is 22.3. The summed E-state index contributed by atoms with van der Waals surface area (Å²) in [6.45, 7) is 3.31. The number of anilines is 2. The average molecular weight is 481 g/mol. The number of hydrogen-bond donors (Lipinski definition) is 2. The van der Waals surface area contributed by atoms with E-state index in [9.17, 15) is 13.6 Å². The van der Waals surface area contributed by atoms with Gasteiger partial charge in [0.15, 0.2) is 0 Å². The number of hydrogen-bond acceptors (Lipinski definition) is 7. The molecule has 0 bridgehead atoms. The van der Waals surface area contributed by atoms with Crippen molar-refractivity contribution in [2.24, 2.45) is 5.73 Å². The number of nitrogens with one attached hydrogen (secondary N) is 1. The Bertz CT molecular complexity index is 1390. The maximum absolute atomic E-state index is 14.4. The molecule has 1 fully saturated rings. The molecular weight excluding hydrogens is 458 g/mol. The summed E-state index contributed by atoms with van der Waals surface area (Å²) >= 11 is 1.48. The van der Waals surface area contributed by atoms with Crippen LogP contribution in [0.4, 0.5) is 20.2 Å². The highest BCUT2D eigenvalue weighted by Crippen LogP contribution is 2.37. The maximum atomic E-state index is 14.4. The molecule has 5 rings (SSSR count). The van der Waals surface area contributed by atoms with Crippen LogP contribution in [0.2, 0.25) is 0 Å². The smallest absolute Gasteiger partial charge is 0.274 e. The Morgan fingerprint density at radius 2 is 2.00 bits per heavy atom. The number of halogens is 2. The van der Waals surface area contributed by atoms with Gasteiger partial charge in [-0.1, -0.05) is 23.5 Å². The minimum atomic E-state index is -0.717. The largest absolute Gasteiger partial charge is 0.366 e. The summed E-state index contributed by atoms with van der Waals surface area (Å²) in [5, 5.41) is 3.72. The molecule has 0 saturated carbocycles. The molecule has 3 aromatic heterocycles. The Hall–Kier alpha value is -3.50. The van der Waals surface area contributed by atoms with Crippen LogP contribution in [0.25, 0.3) is 21.6 Å². The van der Waals surface area contributed by atoms with Gasteiger partial charge in [0, 0.05) is 24.7 Å². The van der Waals surface area contributed by atoms with Crippen LogP contribution in [-0.4, -0.2) is 40.0 Å². The molecule has 0 radical (unpaired) electrons. The van der Waals surface area contributed by atoms with Gasteiger partial charge in [-0.25, -0.2) is 23.7 Å². The summed E-state index contributed by atoms with van der Waals surface area (Å²) in [6, 6.07) is 8.12. The van der Waals surface area contributed by atoms with Crippen molar-refractivity contribution in [2.45, 2.75) is 25.8 Å². The van der Waals surface area contributed by atoms with Gasteiger partial charge in [0.05, 0.1) is 22.6 Å². The van der Waals surface area contributed by atoms with E-state index in [1.165, 1.54) is 35.6 Å². The minimum Gasteiger partial charge on any atom is -0.366 e. The second-order valence-electron chi connectivity index (χ2n) is 8.22. The molecule has 0 unspecified atom stereocenters. The fraction of sp³-hybridized carbons (Fsp3) is 0.250. The minimum absolute atomic E-state index is 0.0151. The lowest BCUT2D eigenvalue weighted by Crippen LogP contribution is -2.43. The normalized spacial score (nSPS) is 16.1. The Morgan fingerprint density at radius 1 is 1.18 bits per heavy atom. The number of nitrogens with zero attached hydrogens (tertiary/aromatic N) is 4. The number of carbonyl (C=O) groups excluding carboxylic acids is 1. The molecule has 4 aromatic rings. The molecule has 34 heavy (non-hydrogen) atoms. The summed E-state index contributed by atoms with van der Waals surface area (Å²) < 4.78 is 28.7. The molecule has 174 valence electrons. The fourth-order valence-corrected chi connectivity index (χ4v) is 4.95. The number of pyridine rings is 2. The van der Waals surface area contributed by atoms with E-state index in [2.05, 4.69) is 25.2 Å². The van der Waals surface area contributed by atoms with Gasteiger partial charge in [-0.2, -0.15) is 0 Å². The second-order valence-corrected chi connectivity index (χ2v) is 9.40. The molecule has 1 saturated heterocycles. The monoisotopic (exact) mass is 480 g/mol. The number of benzene rings is 1. The van der Waals surface area contributed by atoms with Crippen molar-refractivity contribution in [1.82, 2.24) is 15.0 Å². The third kappa shape index (κ3) is 4.22. The van der Waals surface area contributed by atoms with Crippen molar-refractivity contribution in [1.29, 1.82) is 0 Å². The second kappa shape index (κ2) is 9.03. The zero-order valence-corrected chi connectivity index (χ0v) is 19.2. The van der Waals surface area contributed by atoms with E-state index < -0.39 is 17.5 Å². The van der Waals surface area contributed by atoms with E-state index in [0.717, 1.165) is 41.0 Å². The Labute approximate surface area is 198 Å². The SMILES string of the molecule is Cc1nc2c(N3CCC[C@H](N)C3)c(NC(=O)c3ccc(F)c(-c4ccccc4F)n3)cnc2s1. The number of piperidine rings is 1. The van der Waals surface area contributed by atoms with Gasteiger partial charge in [-0.15, -0.1) is 0 Å². The standard InChI is InChI=1S/C24H22F2N6OS/c1-13-29-21-22(32-10-4-5-14(27)12-32)19(11-28-24(21)34-13)31-23(33)18-9-8-17(26)20(30-18)15-6-2-3-7-16(15)25/h2-3,6-9,11,14H,4-5,10,12,27H2,1H3,(H,31,33)/t14-/m0/s1. The molecule has 10 heteroatoms. The molecule has 1 aliphatic heterocycles. The Morgan fingerprint density at radius 3 is 2.79 bits per heavy atom. The van der Waals surface area contributed by atoms with E-state index in [0.29, 0.717) is 17.7 Å². The summed E-state index contributed by atoms with van der Waals surface area (Å²) in [6.07, 6.45) is 3.45. The fourth-order valence-electron chi connectivity index (χ4n) is 4.19. The van der Waals surface area contributed by atoms with E-state index >= 15 is 0 Å². The first-order valence-corrected chi connectivity index (χ1v) is 11.7. The van der Waals surface area contributed by atoms with Gasteiger partial charge >= 0.3 is 0 Å². The zero-order chi connectivity index (χ0) is 23.8. The molecule has 1 atom stereocenters. The molecule has 1 amide bonds. The van der Waals surface area contributed by atoms with Crippen LogP contribution in [0.3, 0.4) is 0 Å². The van der Waals surface area contributed by atoms with Gasteiger partial charge in [0.1, 0.15) is 33.4 Å². The van der Waals surface area contributed by atoms with E-state index in [1.54, 1.807) is 12.3 Å². The van der Waals surface area contributed by atoms with Crippen molar-refractivity contribution >= 4 is 39.0 Å². The van der Waals surface area contributed by atoms with E-state index in [-0.39, 0.29) is 23.0 Å². The third-order valence-corrected chi connectivity index (χ3v) is 6.62. The number of nitrogens with two attached hydrogens (primary N) is 1. The van der Waals surface area contributed by atoms with Crippen LogP contribution in [0.1, 0.15) is 28.3 Å². The molecular formula is C24H22F2N6OS. The molecule has 1 aliphatic rings. The van der Waals surface area contributed by atoms with Crippen LogP contribution in [0, 0.1) is 18.6 Å². The highest BCUT2D eigenvalue weighted by atomic mass is 32.1. The van der Waals surface area contributed by atoms with Gasteiger partial charge in [0.2, 0.25) is 0 Å². The number of thiazole rings is 1. The lowest BCUT2D eigenvalue weighted by Gasteiger charge is -2.33. The van der Waals surface area contributed by atoms with Crippen molar-refractivity contribution < 1.29 is 13.6 Å². The predicted octanol–water partition coefficient (Wildman–Crippen LogP) is 4.52. The summed E-state index contributed by atoms with van der Waals surface area (Å²) in [5.41, 5.74) is 7.86. The van der Waals surface area contributed by atoms with E-state index in [1.807, 2.05) is 6.92 Å². The third-order valence-electron chi connectivity index (χ3n) is 5.74.